The van der Waals surface area contributed by atoms with E-state index in [1.807, 2.05) is 23.1 Å². The Morgan fingerprint density at radius 2 is 1.86 bits per heavy atom. The van der Waals surface area contributed by atoms with E-state index in [0.717, 1.165) is 29.8 Å². The van der Waals surface area contributed by atoms with E-state index in [4.69, 9.17) is 9.47 Å². The van der Waals surface area contributed by atoms with E-state index in [9.17, 15) is 14.9 Å². The number of nitro groups is 1. The normalized spacial score (nSPS) is 16.3. The molecular formula is C21H23N3O5. The highest BCUT2D eigenvalue weighted by Crippen LogP contribution is 2.34. The number of rotatable bonds is 4. The fraction of sp³-hybridized carbons (Fsp3) is 0.381. The van der Waals surface area contributed by atoms with Crippen molar-refractivity contribution < 1.29 is 19.2 Å². The Morgan fingerprint density at radius 3 is 2.59 bits per heavy atom. The Bertz CT molecular complexity index is 940. The Kier molecular flexibility index (Phi) is 5.35. The molecule has 0 bridgehead atoms. The number of anilines is 2. The minimum Gasteiger partial charge on any atom is -0.497 e. The molecule has 0 radical (unpaired) electrons. The van der Waals surface area contributed by atoms with Crippen molar-refractivity contribution >= 4 is 23.0 Å². The molecule has 0 unspecified atom stereocenters. The molecule has 2 aromatic carbocycles. The summed E-state index contributed by atoms with van der Waals surface area (Å²) in [7, 11) is 1.61. The van der Waals surface area contributed by atoms with Crippen molar-refractivity contribution in [1.82, 2.24) is 0 Å². The van der Waals surface area contributed by atoms with E-state index in [0.29, 0.717) is 44.1 Å². The quantitative estimate of drug-likeness (QED) is 0.582. The number of ether oxygens (including phenoxy) is 2. The maximum atomic E-state index is 13.2. The lowest BCUT2D eigenvalue weighted by atomic mass is 10.00. The number of morpholine rings is 1. The Balaban J connectivity index is 1.66. The van der Waals surface area contributed by atoms with Crippen molar-refractivity contribution in [2.45, 2.75) is 12.8 Å². The lowest BCUT2D eigenvalue weighted by molar-refractivity contribution is -0.384. The highest BCUT2D eigenvalue weighted by atomic mass is 16.6. The van der Waals surface area contributed by atoms with E-state index in [2.05, 4.69) is 0 Å². The van der Waals surface area contributed by atoms with Crippen LogP contribution in [0.3, 0.4) is 0 Å². The summed E-state index contributed by atoms with van der Waals surface area (Å²) in [6.07, 6.45) is 1.70. The molecule has 2 heterocycles. The Hall–Kier alpha value is -3.13. The summed E-state index contributed by atoms with van der Waals surface area (Å²) < 4.78 is 10.6. The molecule has 2 aliphatic rings. The van der Waals surface area contributed by atoms with Crippen molar-refractivity contribution in [3.8, 4) is 5.75 Å². The zero-order chi connectivity index (χ0) is 20.4. The topological polar surface area (TPSA) is 85.2 Å². The molecule has 1 saturated heterocycles. The number of carbonyl (C=O) groups excluding carboxylic acids is 1. The second-order valence-corrected chi connectivity index (χ2v) is 7.12. The first-order valence-corrected chi connectivity index (χ1v) is 9.68. The number of benzene rings is 2. The molecular weight excluding hydrogens is 374 g/mol. The number of methoxy groups -OCH3 is 1. The second kappa shape index (κ2) is 8.08. The summed E-state index contributed by atoms with van der Waals surface area (Å²) in [5.74, 6) is 0.524. The number of amides is 1. The van der Waals surface area contributed by atoms with Gasteiger partial charge in [-0.25, -0.2) is 0 Å². The van der Waals surface area contributed by atoms with Crippen LogP contribution in [0, 0.1) is 10.1 Å². The standard InChI is InChI=1S/C21H23N3O5/c1-28-17-5-7-18-15(13-17)3-2-8-23(18)21(25)16-4-6-19(20(14-16)24(26)27)22-9-11-29-12-10-22/h4-7,13-14H,2-3,8-12H2,1H3. The van der Waals surface area contributed by atoms with Crippen molar-refractivity contribution in [3.05, 3.63) is 57.6 Å². The van der Waals surface area contributed by atoms with Crippen LogP contribution in [0.2, 0.25) is 0 Å². The summed E-state index contributed by atoms with van der Waals surface area (Å²) in [5, 5.41) is 11.7. The van der Waals surface area contributed by atoms with Crippen LogP contribution in [0.5, 0.6) is 5.75 Å². The van der Waals surface area contributed by atoms with Crippen LogP contribution in [0.4, 0.5) is 17.1 Å². The van der Waals surface area contributed by atoms with Gasteiger partial charge < -0.3 is 19.3 Å². The third-order valence-corrected chi connectivity index (χ3v) is 5.42. The molecule has 0 saturated carbocycles. The molecule has 1 amide bonds. The molecule has 0 atom stereocenters. The van der Waals surface area contributed by atoms with Gasteiger partial charge in [0.1, 0.15) is 11.4 Å². The molecule has 0 aliphatic carbocycles. The summed E-state index contributed by atoms with van der Waals surface area (Å²) >= 11 is 0. The second-order valence-electron chi connectivity index (χ2n) is 7.12. The molecule has 29 heavy (non-hydrogen) atoms. The average molecular weight is 397 g/mol. The van der Waals surface area contributed by atoms with E-state index >= 15 is 0 Å². The van der Waals surface area contributed by atoms with E-state index in [1.165, 1.54) is 6.07 Å². The van der Waals surface area contributed by atoms with Crippen LogP contribution in [-0.4, -0.2) is 50.8 Å². The molecule has 152 valence electrons. The predicted octanol–water partition coefficient (Wildman–Crippen LogP) is 3.03. The molecule has 2 aliphatic heterocycles. The number of hydrogen-bond donors (Lipinski definition) is 0. The van der Waals surface area contributed by atoms with Gasteiger partial charge in [0, 0.05) is 37.0 Å². The van der Waals surface area contributed by atoms with Crippen molar-refractivity contribution in [2.24, 2.45) is 0 Å². The zero-order valence-corrected chi connectivity index (χ0v) is 16.3. The summed E-state index contributed by atoms with van der Waals surface area (Å²) in [4.78, 5) is 28.1. The van der Waals surface area contributed by atoms with Gasteiger partial charge in [0.15, 0.2) is 0 Å². The number of hydrogen-bond acceptors (Lipinski definition) is 6. The lowest BCUT2D eigenvalue weighted by Crippen LogP contribution is -2.37. The summed E-state index contributed by atoms with van der Waals surface area (Å²) in [6.45, 7) is 2.83. The highest BCUT2D eigenvalue weighted by molar-refractivity contribution is 6.07. The van der Waals surface area contributed by atoms with Gasteiger partial charge in [-0.15, -0.1) is 0 Å². The third kappa shape index (κ3) is 3.75. The first-order chi connectivity index (χ1) is 14.1. The largest absolute Gasteiger partial charge is 0.497 e. The first kappa shape index (κ1) is 19.2. The summed E-state index contributed by atoms with van der Waals surface area (Å²) in [5.41, 5.74) is 2.67. The van der Waals surface area contributed by atoms with Crippen LogP contribution >= 0.6 is 0 Å². The van der Waals surface area contributed by atoms with Crippen LogP contribution < -0.4 is 14.5 Å². The molecule has 4 rings (SSSR count). The minimum absolute atomic E-state index is 0.0512. The van der Waals surface area contributed by atoms with E-state index < -0.39 is 4.92 Å². The van der Waals surface area contributed by atoms with Gasteiger partial charge in [-0.05, 0) is 48.7 Å². The number of aryl methyl sites for hydroxylation is 1. The van der Waals surface area contributed by atoms with Gasteiger partial charge in [0.05, 0.1) is 25.2 Å². The van der Waals surface area contributed by atoms with Gasteiger partial charge in [-0.3, -0.25) is 14.9 Å². The average Bonchev–Trinajstić information content (AvgIpc) is 2.77. The van der Waals surface area contributed by atoms with Gasteiger partial charge in [0.2, 0.25) is 0 Å². The summed E-state index contributed by atoms with van der Waals surface area (Å²) in [6, 6.07) is 10.4. The molecule has 8 heteroatoms. The van der Waals surface area contributed by atoms with Gasteiger partial charge >= 0.3 is 0 Å². The van der Waals surface area contributed by atoms with Gasteiger partial charge in [-0.1, -0.05) is 0 Å². The molecule has 1 fully saturated rings. The van der Waals surface area contributed by atoms with Crippen molar-refractivity contribution in [1.29, 1.82) is 0 Å². The van der Waals surface area contributed by atoms with Crippen LogP contribution in [0.15, 0.2) is 36.4 Å². The predicted molar refractivity (Wildman–Crippen MR) is 109 cm³/mol. The maximum Gasteiger partial charge on any atom is 0.293 e. The minimum atomic E-state index is -0.420. The zero-order valence-electron chi connectivity index (χ0n) is 16.3. The number of fused-ring (bicyclic) bond motifs is 1. The fourth-order valence-corrected chi connectivity index (χ4v) is 3.94. The SMILES string of the molecule is COc1ccc2c(c1)CCCN2C(=O)c1ccc(N2CCOCC2)c([N+](=O)[O-])c1. The van der Waals surface area contributed by atoms with Crippen molar-refractivity contribution in [2.75, 3.05) is 49.8 Å². The van der Waals surface area contributed by atoms with Crippen LogP contribution in [-0.2, 0) is 11.2 Å². The lowest BCUT2D eigenvalue weighted by Gasteiger charge is -2.30. The third-order valence-electron chi connectivity index (χ3n) is 5.42. The van der Waals surface area contributed by atoms with Gasteiger partial charge in [-0.2, -0.15) is 0 Å². The number of nitrogens with zero attached hydrogens (tertiary/aromatic N) is 3. The molecule has 0 aromatic heterocycles. The highest BCUT2D eigenvalue weighted by Gasteiger charge is 2.28. The first-order valence-electron chi connectivity index (χ1n) is 9.68. The number of nitro benzene ring substituents is 1. The van der Waals surface area contributed by atoms with Gasteiger partial charge in [0.25, 0.3) is 11.6 Å². The maximum absolute atomic E-state index is 13.2. The van der Waals surface area contributed by atoms with E-state index in [1.54, 1.807) is 24.1 Å². The number of carbonyl (C=O) groups is 1. The molecule has 2 aromatic rings. The fourth-order valence-electron chi connectivity index (χ4n) is 3.94. The van der Waals surface area contributed by atoms with Crippen LogP contribution in [0.1, 0.15) is 22.3 Å². The smallest absolute Gasteiger partial charge is 0.293 e. The van der Waals surface area contributed by atoms with Crippen LogP contribution in [0.25, 0.3) is 0 Å². The monoisotopic (exact) mass is 397 g/mol. The van der Waals surface area contributed by atoms with Crippen molar-refractivity contribution in [3.63, 3.8) is 0 Å². The Labute approximate surface area is 168 Å². The molecule has 8 nitrogen and oxygen atoms in total. The molecule has 0 spiro atoms. The molecule has 0 N–H and O–H groups in total. The van der Waals surface area contributed by atoms with E-state index in [-0.39, 0.29) is 11.6 Å². The Morgan fingerprint density at radius 1 is 1.10 bits per heavy atom.